The Morgan fingerprint density at radius 2 is 1.96 bits per heavy atom. The Kier molecular flexibility index (Phi) is 4.06. The summed E-state index contributed by atoms with van der Waals surface area (Å²) in [5.74, 6) is -0.0146. The molecule has 0 saturated carbocycles. The number of benzene rings is 1. The second-order valence-corrected chi connectivity index (χ2v) is 5.35. The van der Waals surface area contributed by atoms with Crippen molar-refractivity contribution in [2.24, 2.45) is 0 Å². The number of ether oxygens (including phenoxy) is 1. The fourth-order valence-electron chi connectivity index (χ4n) is 2.68. The van der Waals surface area contributed by atoms with Crippen LogP contribution in [0.25, 0.3) is 28.1 Å². The summed E-state index contributed by atoms with van der Waals surface area (Å²) in [6, 6.07) is 9.17. The van der Waals surface area contributed by atoms with Crippen LogP contribution in [0.5, 0.6) is 0 Å². The van der Waals surface area contributed by atoms with Gasteiger partial charge in [-0.15, -0.1) is 10.2 Å². The lowest BCUT2D eigenvalue weighted by atomic mass is 10.2. The van der Waals surface area contributed by atoms with E-state index < -0.39 is 5.97 Å². The maximum atomic E-state index is 12.4. The summed E-state index contributed by atoms with van der Waals surface area (Å²) in [7, 11) is 0. The van der Waals surface area contributed by atoms with Crippen LogP contribution in [0.2, 0.25) is 0 Å². The van der Waals surface area contributed by atoms with E-state index in [9.17, 15) is 4.79 Å². The van der Waals surface area contributed by atoms with Crippen molar-refractivity contribution in [1.29, 1.82) is 0 Å². The molecule has 0 radical (unpaired) electrons. The molecule has 0 spiro atoms. The number of nitrogens with zero attached hydrogens (tertiary/aromatic N) is 6. The molecule has 26 heavy (non-hydrogen) atoms. The number of para-hydroxylation sites is 1. The number of hydrogen-bond acceptors (Lipinski definition) is 7. The van der Waals surface area contributed by atoms with Crippen molar-refractivity contribution < 1.29 is 9.53 Å². The van der Waals surface area contributed by atoms with Gasteiger partial charge in [-0.2, -0.15) is 0 Å². The summed E-state index contributed by atoms with van der Waals surface area (Å²) >= 11 is 0. The quantitative estimate of drug-likeness (QED) is 0.524. The third-order valence-corrected chi connectivity index (χ3v) is 3.76. The number of rotatable bonds is 4. The Labute approximate surface area is 148 Å². The van der Waals surface area contributed by atoms with Gasteiger partial charge in [-0.05, 0) is 31.2 Å². The van der Waals surface area contributed by atoms with Crippen LogP contribution in [0.1, 0.15) is 17.5 Å². The molecule has 0 fully saturated rings. The highest BCUT2D eigenvalue weighted by molar-refractivity contribution is 5.90. The molecule has 0 N–H and O–H groups in total. The average molecular weight is 346 g/mol. The second-order valence-electron chi connectivity index (χ2n) is 5.35. The lowest BCUT2D eigenvalue weighted by molar-refractivity contribution is 0.0509. The Balaban J connectivity index is 2.01. The van der Waals surface area contributed by atoms with Gasteiger partial charge in [-0.25, -0.2) is 4.79 Å². The molecule has 0 atom stereocenters. The molecular formula is C18H14N6O2. The zero-order chi connectivity index (χ0) is 17.9. The second kappa shape index (κ2) is 6.67. The van der Waals surface area contributed by atoms with Crippen LogP contribution in [-0.4, -0.2) is 42.3 Å². The SMILES string of the molecule is CCOC(=O)c1nnc(-c2cccnc2)n1-c1cccc2nccnc12. The summed E-state index contributed by atoms with van der Waals surface area (Å²) in [4.78, 5) is 25.3. The molecule has 8 nitrogen and oxygen atoms in total. The van der Waals surface area contributed by atoms with Gasteiger partial charge in [0.05, 0.1) is 17.8 Å². The minimum atomic E-state index is -0.559. The summed E-state index contributed by atoms with van der Waals surface area (Å²) < 4.78 is 6.77. The molecule has 0 unspecified atom stereocenters. The summed E-state index contributed by atoms with van der Waals surface area (Å²) in [5, 5.41) is 8.25. The number of carbonyl (C=O) groups is 1. The van der Waals surface area contributed by atoms with Gasteiger partial charge < -0.3 is 4.74 Å². The lowest BCUT2D eigenvalue weighted by Crippen LogP contribution is -2.13. The third kappa shape index (κ3) is 2.67. The van der Waals surface area contributed by atoms with Gasteiger partial charge in [0.15, 0.2) is 5.82 Å². The first kappa shape index (κ1) is 15.8. The summed E-state index contributed by atoms with van der Waals surface area (Å²) in [5.41, 5.74) is 2.69. The number of hydrogen-bond donors (Lipinski definition) is 0. The fourth-order valence-corrected chi connectivity index (χ4v) is 2.68. The van der Waals surface area contributed by atoms with Gasteiger partial charge in [0.2, 0.25) is 5.82 Å². The van der Waals surface area contributed by atoms with Gasteiger partial charge in [0.25, 0.3) is 0 Å². The van der Waals surface area contributed by atoms with E-state index in [4.69, 9.17) is 4.74 Å². The van der Waals surface area contributed by atoms with Gasteiger partial charge >= 0.3 is 5.97 Å². The Morgan fingerprint density at radius 1 is 1.08 bits per heavy atom. The van der Waals surface area contributed by atoms with Crippen LogP contribution in [0, 0.1) is 0 Å². The molecular weight excluding hydrogens is 332 g/mol. The van der Waals surface area contributed by atoms with E-state index in [1.807, 2.05) is 24.3 Å². The minimum absolute atomic E-state index is 0.0730. The van der Waals surface area contributed by atoms with E-state index in [1.54, 1.807) is 42.3 Å². The van der Waals surface area contributed by atoms with Crippen molar-refractivity contribution >= 4 is 17.0 Å². The number of carbonyl (C=O) groups excluding carboxylic acids is 1. The Morgan fingerprint density at radius 3 is 2.77 bits per heavy atom. The highest BCUT2D eigenvalue weighted by Gasteiger charge is 2.23. The van der Waals surface area contributed by atoms with E-state index in [0.29, 0.717) is 22.5 Å². The molecule has 1 aromatic carbocycles. The van der Waals surface area contributed by atoms with Crippen molar-refractivity contribution in [3.8, 4) is 17.1 Å². The first-order valence-electron chi connectivity index (χ1n) is 8.02. The molecule has 0 saturated heterocycles. The monoisotopic (exact) mass is 346 g/mol. The number of aromatic nitrogens is 6. The smallest absolute Gasteiger partial charge is 0.376 e. The molecule has 8 heteroatoms. The largest absolute Gasteiger partial charge is 0.460 e. The number of pyridine rings is 1. The average Bonchev–Trinajstić information content (AvgIpc) is 3.13. The summed E-state index contributed by atoms with van der Waals surface area (Å²) in [6.07, 6.45) is 6.54. The normalized spacial score (nSPS) is 10.8. The van der Waals surface area contributed by atoms with Crippen LogP contribution in [0.3, 0.4) is 0 Å². The number of fused-ring (bicyclic) bond motifs is 1. The summed E-state index contributed by atoms with van der Waals surface area (Å²) in [6.45, 7) is 1.98. The van der Waals surface area contributed by atoms with Gasteiger partial charge in [0, 0.05) is 30.4 Å². The van der Waals surface area contributed by atoms with Crippen molar-refractivity contribution in [2.75, 3.05) is 6.61 Å². The van der Waals surface area contributed by atoms with Crippen LogP contribution in [-0.2, 0) is 4.74 Å². The van der Waals surface area contributed by atoms with Crippen molar-refractivity contribution in [3.63, 3.8) is 0 Å². The molecule has 0 aliphatic heterocycles. The van der Waals surface area contributed by atoms with Crippen molar-refractivity contribution in [3.05, 3.63) is 60.9 Å². The third-order valence-electron chi connectivity index (χ3n) is 3.76. The highest BCUT2D eigenvalue weighted by Crippen LogP contribution is 2.26. The molecule has 128 valence electrons. The molecule has 0 aliphatic rings. The predicted molar refractivity (Wildman–Crippen MR) is 93.6 cm³/mol. The molecule has 4 aromatic rings. The van der Waals surface area contributed by atoms with Crippen LogP contribution in [0.15, 0.2) is 55.1 Å². The molecule has 0 aliphatic carbocycles. The molecule has 4 rings (SSSR count). The van der Waals surface area contributed by atoms with E-state index in [1.165, 1.54) is 0 Å². The maximum absolute atomic E-state index is 12.4. The van der Waals surface area contributed by atoms with Crippen LogP contribution in [0.4, 0.5) is 0 Å². The first-order valence-corrected chi connectivity index (χ1v) is 8.02. The molecule has 3 aromatic heterocycles. The van der Waals surface area contributed by atoms with E-state index in [-0.39, 0.29) is 12.4 Å². The zero-order valence-corrected chi connectivity index (χ0v) is 13.9. The Hall–Kier alpha value is -3.68. The van der Waals surface area contributed by atoms with Crippen LogP contribution >= 0.6 is 0 Å². The molecule has 0 bridgehead atoms. The van der Waals surface area contributed by atoms with E-state index in [0.717, 1.165) is 5.56 Å². The van der Waals surface area contributed by atoms with E-state index in [2.05, 4.69) is 25.1 Å². The Bertz CT molecular complexity index is 1070. The lowest BCUT2D eigenvalue weighted by Gasteiger charge is -2.11. The highest BCUT2D eigenvalue weighted by atomic mass is 16.5. The van der Waals surface area contributed by atoms with Gasteiger partial charge in [-0.3, -0.25) is 19.5 Å². The van der Waals surface area contributed by atoms with Crippen LogP contribution < -0.4 is 0 Å². The predicted octanol–water partition coefficient (Wildman–Crippen LogP) is 2.45. The van der Waals surface area contributed by atoms with Crippen molar-refractivity contribution in [2.45, 2.75) is 6.92 Å². The topological polar surface area (TPSA) is 95.7 Å². The maximum Gasteiger partial charge on any atom is 0.376 e. The minimum Gasteiger partial charge on any atom is -0.460 e. The van der Waals surface area contributed by atoms with E-state index >= 15 is 0 Å². The first-order chi connectivity index (χ1) is 12.8. The fraction of sp³-hybridized carbons (Fsp3) is 0.111. The molecule has 0 amide bonds. The zero-order valence-electron chi connectivity index (χ0n) is 13.9. The number of esters is 1. The van der Waals surface area contributed by atoms with Crippen molar-refractivity contribution in [1.82, 2.24) is 29.7 Å². The standard InChI is InChI=1S/C18H14N6O2/c1-2-26-18(25)17-23-22-16(12-5-4-8-19-11-12)24(17)14-7-3-6-13-15(14)21-10-9-20-13/h3-11H,2H2,1H3. The van der Waals surface area contributed by atoms with Gasteiger partial charge in [-0.1, -0.05) is 6.07 Å². The molecule has 3 heterocycles. The van der Waals surface area contributed by atoms with Gasteiger partial charge in [0.1, 0.15) is 5.52 Å².